The molecule has 1 aliphatic rings. The summed E-state index contributed by atoms with van der Waals surface area (Å²) in [5.74, 6) is 0. The van der Waals surface area contributed by atoms with E-state index in [1.807, 2.05) is 4.67 Å². The molecule has 0 bridgehead atoms. The van der Waals surface area contributed by atoms with E-state index in [0.29, 0.717) is 6.04 Å². The Kier molecular flexibility index (Phi) is 0.985. The molecule has 3 atom stereocenters. The van der Waals surface area contributed by atoms with Crippen molar-refractivity contribution in [2.45, 2.75) is 13.0 Å². The van der Waals surface area contributed by atoms with Gasteiger partial charge >= 0.3 is 0 Å². The number of nitrogens with zero attached hydrogens (tertiary/aromatic N) is 1. The summed E-state index contributed by atoms with van der Waals surface area (Å²) in [6.45, 7) is 3.13. The molecule has 0 aliphatic carbocycles. The van der Waals surface area contributed by atoms with Crippen molar-refractivity contribution in [3.05, 3.63) is 0 Å². The summed E-state index contributed by atoms with van der Waals surface area (Å²) in [7, 11) is -0.608. The summed E-state index contributed by atoms with van der Waals surface area (Å²) >= 11 is 0. The van der Waals surface area contributed by atoms with Gasteiger partial charge in [0, 0.05) is 12.6 Å². The van der Waals surface area contributed by atoms with Gasteiger partial charge in [0.1, 0.15) is 8.61 Å². The zero-order valence-corrected chi connectivity index (χ0v) is 4.87. The second kappa shape index (κ2) is 1.36. The fourth-order valence-corrected chi connectivity index (χ4v) is 1.00. The van der Waals surface area contributed by atoms with Crippen LogP contribution in [0, 0.1) is 0 Å². The van der Waals surface area contributed by atoms with Gasteiger partial charge in [-0.15, -0.1) is 0 Å². The third kappa shape index (κ3) is 0.636. The molecule has 0 aromatic carbocycles. The van der Waals surface area contributed by atoms with E-state index < -0.39 is 8.61 Å². The van der Waals surface area contributed by atoms with Gasteiger partial charge < -0.3 is 4.57 Å². The van der Waals surface area contributed by atoms with Gasteiger partial charge in [-0.05, 0) is 6.92 Å². The standard InChI is InChI=1S/C3H8NOP/c1-3-2-4(3)6-5/h3H,2,6H2,1H3. The normalized spacial score (nSPS) is 44.8. The molecule has 0 radical (unpaired) electrons. The molecule has 1 rings (SSSR count). The molecule has 0 amide bonds. The quantitative estimate of drug-likeness (QED) is 0.354. The average molecular weight is 105 g/mol. The Bertz CT molecular complexity index is 75.2. The molecule has 6 heavy (non-hydrogen) atoms. The SMILES string of the molecule is CC1CN1[PH2]=O. The molecule has 0 aromatic rings. The predicted octanol–water partition coefficient (Wildman–Crippen LogP) is 0.362. The van der Waals surface area contributed by atoms with Crippen molar-refractivity contribution in [2.24, 2.45) is 0 Å². The first-order valence-corrected chi connectivity index (χ1v) is 3.04. The predicted molar refractivity (Wildman–Crippen MR) is 26.6 cm³/mol. The minimum absolute atomic E-state index is 0.608. The maximum absolute atomic E-state index is 9.91. The fourth-order valence-electron chi connectivity index (χ4n) is 0.405. The van der Waals surface area contributed by atoms with Crippen molar-refractivity contribution < 1.29 is 4.57 Å². The topological polar surface area (TPSA) is 20.1 Å². The minimum atomic E-state index is -0.608. The molecule has 3 heteroatoms. The Morgan fingerprint density at radius 2 is 2.50 bits per heavy atom. The van der Waals surface area contributed by atoms with Crippen LogP contribution in [0.5, 0.6) is 0 Å². The third-order valence-corrected chi connectivity index (χ3v) is 2.03. The molecule has 1 fully saturated rings. The lowest BCUT2D eigenvalue weighted by Gasteiger charge is -1.76. The zero-order valence-electron chi connectivity index (χ0n) is 3.72. The van der Waals surface area contributed by atoms with Crippen LogP contribution < -0.4 is 0 Å². The van der Waals surface area contributed by atoms with Gasteiger partial charge in [0.15, 0.2) is 0 Å². The van der Waals surface area contributed by atoms with Gasteiger partial charge in [-0.1, -0.05) is 0 Å². The Labute approximate surface area is 38.4 Å². The lowest BCUT2D eigenvalue weighted by atomic mass is 10.6. The maximum Gasteiger partial charge on any atom is 0.127 e. The van der Waals surface area contributed by atoms with Crippen molar-refractivity contribution in [3.8, 4) is 0 Å². The first kappa shape index (κ1) is 4.35. The van der Waals surface area contributed by atoms with E-state index in [9.17, 15) is 4.57 Å². The first-order chi connectivity index (χ1) is 2.84. The van der Waals surface area contributed by atoms with Crippen molar-refractivity contribution in [3.63, 3.8) is 0 Å². The summed E-state index contributed by atoms with van der Waals surface area (Å²) in [4.78, 5) is 0. The highest BCUT2D eigenvalue weighted by Gasteiger charge is 2.26. The summed E-state index contributed by atoms with van der Waals surface area (Å²) in [6.07, 6.45) is 0. The van der Waals surface area contributed by atoms with Crippen LogP contribution in [0.25, 0.3) is 0 Å². The lowest BCUT2D eigenvalue weighted by molar-refractivity contribution is 0.577. The van der Waals surface area contributed by atoms with Crippen LogP contribution in [0.1, 0.15) is 6.92 Å². The van der Waals surface area contributed by atoms with E-state index in [-0.39, 0.29) is 0 Å². The van der Waals surface area contributed by atoms with Crippen LogP contribution in [0.4, 0.5) is 0 Å². The average Bonchev–Trinajstić information content (AvgIpc) is 2.19. The molecule has 1 aliphatic heterocycles. The van der Waals surface area contributed by atoms with E-state index in [4.69, 9.17) is 0 Å². The monoisotopic (exact) mass is 105 g/mol. The van der Waals surface area contributed by atoms with Crippen molar-refractivity contribution in [1.29, 1.82) is 0 Å². The van der Waals surface area contributed by atoms with Gasteiger partial charge in [-0.2, -0.15) is 0 Å². The highest BCUT2D eigenvalue weighted by molar-refractivity contribution is 7.21. The smallest absolute Gasteiger partial charge is 0.127 e. The molecule has 3 unspecified atom stereocenters. The summed E-state index contributed by atoms with van der Waals surface area (Å²) in [5, 5.41) is 0. The molecule has 2 nitrogen and oxygen atoms in total. The summed E-state index contributed by atoms with van der Waals surface area (Å²) in [5.41, 5.74) is 0. The highest BCUT2D eigenvalue weighted by atomic mass is 31.1. The fraction of sp³-hybridized carbons (Fsp3) is 1.00. The van der Waals surface area contributed by atoms with E-state index in [2.05, 4.69) is 6.92 Å². The van der Waals surface area contributed by atoms with Gasteiger partial charge in [0.2, 0.25) is 0 Å². The zero-order chi connectivity index (χ0) is 4.57. The number of hydrogen-bond donors (Lipinski definition) is 0. The highest BCUT2D eigenvalue weighted by Crippen LogP contribution is 2.24. The van der Waals surface area contributed by atoms with Gasteiger partial charge in [-0.3, -0.25) is 4.67 Å². The van der Waals surface area contributed by atoms with E-state index in [0.717, 1.165) is 6.54 Å². The Morgan fingerprint density at radius 3 is 2.50 bits per heavy atom. The van der Waals surface area contributed by atoms with Crippen LogP contribution in [-0.4, -0.2) is 17.3 Å². The van der Waals surface area contributed by atoms with E-state index in [1.54, 1.807) is 0 Å². The van der Waals surface area contributed by atoms with Crippen LogP contribution in [0.15, 0.2) is 0 Å². The van der Waals surface area contributed by atoms with Crippen LogP contribution in [-0.2, 0) is 4.57 Å². The molecule has 1 saturated heterocycles. The van der Waals surface area contributed by atoms with Crippen LogP contribution >= 0.6 is 8.61 Å². The molecular weight excluding hydrogens is 97.0 g/mol. The van der Waals surface area contributed by atoms with Gasteiger partial charge in [0.05, 0.1) is 0 Å². The largest absolute Gasteiger partial charge is 0.313 e. The van der Waals surface area contributed by atoms with Crippen molar-refractivity contribution in [1.82, 2.24) is 4.67 Å². The van der Waals surface area contributed by atoms with Crippen LogP contribution in [0.3, 0.4) is 0 Å². The Morgan fingerprint density at radius 1 is 2.00 bits per heavy atom. The molecule has 0 spiro atoms. The molecule has 0 aromatic heterocycles. The maximum atomic E-state index is 9.91. The first-order valence-electron chi connectivity index (χ1n) is 2.05. The molecule has 36 valence electrons. The van der Waals surface area contributed by atoms with Gasteiger partial charge in [0.25, 0.3) is 0 Å². The molecule has 0 saturated carbocycles. The van der Waals surface area contributed by atoms with Crippen molar-refractivity contribution >= 4 is 8.61 Å². The van der Waals surface area contributed by atoms with Crippen molar-refractivity contribution in [2.75, 3.05) is 6.54 Å². The lowest BCUT2D eigenvalue weighted by Crippen LogP contribution is -1.74. The summed E-state index contributed by atoms with van der Waals surface area (Å²) < 4.78 is 11.9. The molecule has 0 N–H and O–H groups in total. The van der Waals surface area contributed by atoms with E-state index >= 15 is 0 Å². The second-order valence-electron chi connectivity index (χ2n) is 1.65. The third-order valence-electron chi connectivity index (χ3n) is 1.04. The molecule has 1 heterocycles. The summed E-state index contributed by atoms with van der Waals surface area (Å²) in [6, 6.07) is 0.623. The second-order valence-corrected chi connectivity index (χ2v) is 2.53. The van der Waals surface area contributed by atoms with Gasteiger partial charge in [-0.25, -0.2) is 0 Å². The van der Waals surface area contributed by atoms with Crippen LogP contribution in [0.2, 0.25) is 0 Å². The van der Waals surface area contributed by atoms with E-state index in [1.165, 1.54) is 0 Å². The Hall–Kier alpha value is 0.190. The Balaban J connectivity index is 2.25. The number of rotatable bonds is 1. The minimum Gasteiger partial charge on any atom is -0.313 e. The molecular formula is C3H8NOP. The number of hydrogen-bond acceptors (Lipinski definition) is 1.